The summed E-state index contributed by atoms with van der Waals surface area (Å²) in [6.07, 6.45) is 2.45. The minimum absolute atomic E-state index is 0.174. The molecule has 0 aliphatic carbocycles. The fraction of sp³-hybridized carbons (Fsp3) is 0.381. The first-order valence-electron chi connectivity index (χ1n) is 9.01. The first kappa shape index (κ1) is 17.4. The molecule has 0 saturated carbocycles. The van der Waals surface area contributed by atoms with Gasteiger partial charge in [0, 0.05) is 29.9 Å². The Bertz CT molecular complexity index is 861. The Balaban J connectivity index is 1.69. The van der Waals surface area contributed by atoms with Crippen LogP contribution in [0.15, 0.2) is 36.4 Å². The van der Waals surface area contributed by atoms with E-state index in [1.54, 1.807) is 4.90 Å². The van der Waals surface area contributed by atoms with Crippen molar-refractivity contribution in [2.45, 2.75) is 31.7 Å². The normalized spacial score (nSPS) is 18.7. The molecule has 4 nitrogen and oxygen atoms in total. The van der Waals surface area contributed by atoms with E-state index in [1.807, 2.05) is 26.1 Å². The average molecular weight is 371 g/mol. The summed E-state index contributed by atoms with van der Waals surface area (Å²) < 4.78 is 5.56. The van der Waals surface area contributed by atoms with Crippen molar-refractivity contribution in [1.82, 2.24) is 0 Å². The summed E-state index contributed by atoms with van der Waals surface area (Å²) in [6.45, 7) is 3.24. The molecule has 0 aromatic heterocycles. The number of rotatable bonds is 3. The van der Waals surface area contributed by atoms with E-state index in [-0.39, 0.29) is 11.4 Å². The molecule has 1 fully saturated rings. The zero-order valence-corrected chi connectivity index (χ0v) is 15.9. The molecule has 2 aliphatic rings. The van der Waals surface area contributed by atoms with Crippen LogP contribution >= 0.6 is 11.6 Å². The second kappa shape index (κ2) is 6.60. The Morgan fingerprint density at radius 3 is 2.73 bits per heavy atom. The Morgan fingerprint density at radius 2 is 2.00 bits per heavy atom. The average Bonchev–Trinajstić information content (AvgIpc) is 2.74. The van der Waals surface area contributed by atoms with E-state index in [0.29, 0.717) is 19.6 Å². The van der Waals surface area contributed by atoms with E-state index in [4.69, 9.17) is 16.3 Å². The van der Waals surface area contributed by atoms with Crippen molar-refractivity contribution in [2.75, 3.05) is 30.5 Å². The molecule has 2 aliphatic heterocycles. The standard InChI is InChI=1S/C21H23ClN2O2/c1-14-17(6-4-7-18(14)22)21(12-26-13-21)23-16-10-9-15-5-3-8-20(25)24(2)19(15)11-16/h4,6-7,9-11,23H,3,5,8,12-13H2,1-2H3. The predicted octanol–water partition coefficient (Wildman–Crippen LogP) is 4.29. The van der Waals surface area contributed by atoms with Gasteiger partial charge in [0.25, 0.3) is 0 Å². The lowest BCUT2D eigenvalue weighted by atomic mass is 9.84. The Morgan fingerprint density at radius 1 is 1.19 bits per heavy atom. The van der Waals surface area contributed by atoms with Crippen LogP contribution in [0.2, 0.25) is 5.02 Å². The number of benzene rings is 2. The predicted molar refractivity (Wildman–Crippen MR) is 105 cm³/mol. The molecule has 2 aromatic carbocycles. The van der Waals surface area contributed by atoms with Gasteiger partial charge >= 0.3 is 0 Å². The van der Waals surface area contributed by atoms with Crippen molar-refractivity contribution in [3.05, 3.63) is 58.1 Å². The lowest BCUT2D eigenvalue weighted by Crippen LogP contribution is -2.53. The Kier molecular flexibility index (Phi) is 4.41. The van der Waals surface area contributed by atoms with Crippen molar-refractivity contribution >= 4 is 28.9 Å². The van der Waals surface area contributed by atoms with Crippen molar-refractivity contribution in [3.63, 3.8) is 0 Å². The quantitative estimate of drug-likeness (QED) is 0.876. The summed E-state index contributed by atoms with van der Waals surface area (Å²) in [6, 6.07) is 12.3. The van der Waals surface area contributed by atoms with Gasteiger partial charge in [0.2, 0.25) is 5.91 Å². The van der Waals surface area contributed by atoms with E-state index in [9.17, 15) is 4.79 Å². The van der Waals surface area contributed by atoms with Crippen LogP contribution in [0, 0.1) is 6.92 Å². The molecule has 1 amide bonds. The third-order valence-corrected chi connectivity index (χ3v) is 5.93. The number of amides is 1. The molecule has 4 rings (SSSR count). The summed E-state index contributed by atoms with van der Waals surface area (Å²) in [5, 5.41) is 4.43. The maximum absolute atomic E-state index is 12.2. The smallest absolute Gasteiger partial charge is 0.226 e. The number of nitrogens with one attached hydrogen (secondary N) is 1. The first-order chi connectivity index (χ1) is 12.5. The number of hydrogen-bond acceptors (Lipinski definition) is 3. The molecule has 2 aromatic rings. The third kappa shape index (κ3) is 2.87. The second-order valence-electron chi connectivity index (χ2n) is 7.26. The van der Waals surface area contributed by atoms with Gasteiger partial charge in [-0.25, -0.2) is 0 Å². The lowest BCUT2D eigenvalue weighted by molar-refractivity contribution is -0.118. The van der Waals surface area contributed by atoms with E-state index >= 15 is 0 Å². The summed E-state index contributed by atoms with van der Waals surface area (Å²) in [4.78, 5) is 14.0. The van der Waals surface area contributed by atoms with Crippen LogP contribution in [-0.2, 0) is 21.5 Å². The number of ether oxygens (including phenoxy) is 1. The zero-order chi connectivity index (χ0) is 18.3. The van der Waals surface area contributed by atoms with Crippen LogP contribution in [0.4, 0.5) is 11.4 Å². The number of nitrogens with zero attached hydrogens (tertiary/aromatic N) is 1. The van der Waals surface area contributed by atoms with Crippen LogP contribution in [-0.4, -0.2) is 26.2 Å². The van der Waals surface area contributed by atoms with Crippen molar-refractivity contribution < 1.29 is 9.53 Å². The molecule has 2 heterocycles. The van der Waals surface area contributed by atoms with Gasteiger partial charge in [-0.1, -0.05) is 29.8 Å². The second-order valence-corrected chi connectivity index (χ2v) is 7.67. The molecule has 0 spiro atoms. The molecule has 5 heteroatoms. The van der Waals surface area contributed by atoms with E-state index in [0.717, 1.165) is 40.4 Å². The monoisotopic (exact) mass is 370 g/mol. The van der Waals surface area contributed by atoms with E-state index in [2.05, 4.69) is 29.6 Å². The largest absolute Gasteiger partial charge is 0.376 e. The molecule has 1 N–H and O–H groups in total. The number of carbonyl (C=O) groups excluding carboxylic acids is 1. The Hall–Kier alpha value is -2.04. The number of anilines is 2. The van der Waals surface area contributed by atoms with Gasteiger partial charge in [-0.15, -0.1) is 0 Å². The van der Waals surface area contributed by atoms with Crippen LogP contribution < -0.4 is 10.2 Å². The zero-order valence-electron chi connectivity index (χ0n) is 15.1. The van der Waals surface area contributed by atoms with E-state index in [1.165, 1.54) is 5.56 Å². The van der Waals surface area contributed by atoms with Gasteiger partial charge < -0.3 is 15.0 Å². The van der Waals surface area contributed by atoms with Crippen LogP contribution in [0.1, 0.15) is 29.5 Å². The maximum atomic E-state index is 12.2. The van der Waals surface area contributed by atoms with Crippen LogP contribution in [0.5, 0.6) is 0 Å². The van der Waals surface area contributed by atoms with Gasteiger partial charge in [-0.05, 0) is 54.7 Å². The Labute approximate surface area is 159 Å². The third-order valence-electron chi connectivity index (χ3n) is 5.52. The number of fused-ring (bicyclic) bond motifs is 1. The number of hydrogen-bond donors (Lipinski definition) is 1. The SMILES string of the molecule is Cc1c(Cl)cccc1C1(Nc2ccc3c(c2)N(C)C(=O)CCC3)COC1. The molecular formula is C21H23ClN2O2. The van der Waals surface area contributed by atoms with Crippen molar-refractivity contribution in [2.24, 2.45) is 0 Å². The fourth-order valence-corrected chi connectivity index (χ4v) is 4.08. The molecule has 0 radical (unpaired) electrons. The first-order valence-corrected chi connectivity index (χ1v) is 9.39. The van der Waals surface area contributed by atoms with Crippen molar-refractivity contribution in [3.8, 4) is 0 Å². The highest BCUT2D eigenvalue weighted by molar-refractivity contribution is 6.31. The summed E-state index contributed by atoms with van der Waals surface area (Å²) in [7, 11) is 1.86. The minimum atomic E-state index is -0.281. The summed E-state index contributed by atoms with van der Waals surface area (Å²) in [5.41, 5.74) is 5.17. The van der Waals surface area contributed by atoms with Gasteiger partial charge in [0.05, 0.1) is 13.2 Å². The molecule has 0 bridgehead atoms. The fourth-order valence-electron chi connectivity index (χ4n) is 3.90. The highest BCUT2D eigenvalue weighted by atomic mass is 35.5. The van der Waals surface area contributed by atoms with Gasteiger partial charge in [0.1, 0.15) is 5.54 Å². The molecule has 0 atom stereocenters. The van der Waals surface area contributed by atoms with Gasteiger partial charge in [0.15, 0.2) is 0 Å². The minimum Gasteiger partial charge on any atom is -0.376 e. The molecule has 0 unspecified atom stereocenters. The molecule has 1 saturated heterocycles. The molecule has 136 valence electrons. The van der Waals surface area contributed by atoms with Crippen LogP contribution in [0.25, 0.3) is 0 Å². The summed E-state index contributed by atoms with van der Waals surface area (Å²) >= 11 is 6.34. The number of carbonyl (C=O) groups is 1. The van der Waals surface area contributed by atoms with Crippen LogP contribution in [0.3, 0.4) is 0 Å². The van der Waals surface area contributed by atoms with Gasteiger partial charge in [-0.2, -0.15) is 0 Å². The topological polar surface area (TPSA) is 41.6 Å². The molecule has 26 heavy (non-hydrogen) atoms. The number of aryl methyl sites for hydroxylation is 1. The highest BCUT2D eigenvalue weighted by Gasteiger charge is 2.41. The maximum Gasteiger partial charge on any atom is 0.226 e. The van der Waals surface area contributed by atoms with Crippen molar-refractivity contribution in [1.29, 1.82) is 0 Å². The lowest BCUT2D eigenvalue weighted by Gasteiger charge is -2.44. The summed E-state index contributed by atoms with van der Waals surface area (Å²) in [5.74, 6) is 0.174. The van der Waals surface area contributed by atoms with E-state index < -0.39 is 0 Å². The number of halogens is 1. The molecular weight excluding hydrogens is 348 g/mol. The van der Waals surface area contributed by atoms with Gasteiger partial charge in [-0.3, -0.25) is 4.79 Å². The highest BCUT2D eigenvalue weighted by Crippen LogP contribution is 2.39.